The number of hydrogen-bond acceptors (Lipinski definition) is 1. The lowest BCUT2D eigenvalue weighted by molar-refractivity contribution is -0.125. The van der Waals surface area contributed by atoms with Crippen molar-refractivity contribution in [2.75, 3.05) is 6.54 Å². The molecular weight excluding hydrogens is 193 g/mol. The van der Waals surface area contributed by atoms with Crippen molar-refractivity contribution >= 4 is 5.91 Å². The summed E-state index contributed by atoms with van der Waals surface area (Å²) < 4.78 is 12.8. The number of carbonyl (C=O) groups excluding carboxylic acids is 1. The van der Waals surface area contributed by atoms with Crippen molar-refractivity contribution in [1.82, 2.24) is 5.32 Å². The van der Waals surface area contributed by atoms with Crippen LogP contribution in [0.3, 0.4) is 0 Å². The molecule has 1 aromatic rings. The van der Waals surface area contributed by atoms with E-state index in [2.05, 4.69) is 5.32 Å². The first kappa shape index (κ1) is 8.89. The van der Waals surface area contributed by atoms with Gasteiger partial charge in [-0.05, 0) is 30.5 Å². The maximum Gasteiger partial charge on any atom is 0.224 e. The van der Waals surface area contributed by atoms with Gasteiger partial charge in [0.05, 0.1) is 0 Å². The molecule has 0 aromatic heterocycles. The Bertz CT molecular complexity index is 414. The van der Waals surface area contributed by atoms with Crippen LogP contribution in [0.25, 0.3) is 0 Å². The van der Waals surface area contributed by atoms with Gasteiger partial charge in [0.25, 0.3) is 0 Å². The maximum atomic E-state index is 12.8. The highest BCUT2D eigenvalue weighted by atomic mass is 19.1. The molecule has 78 valence electrons. The predicted octanol–water partition coefficient (Wildman–Crippen LogP) is 1.60. The molecule has 0 bridgehead atoms. The third-order valence-corrected chi connectivity index (χ3v) is 3.86. The van der Waals surface area contributed by atoms with Crippen molar-refractivity contribution in [3.63, 3.8) is 0 Å². The van der Waals surface area contributed by atoms with Gasteiger partial charge in [-0.2, -0.15) is 0 Å². The van der Waals surface area contributed by atoms with Crippen molar-refractivity contribution in [2.45, 2.75) is 18.3 Å². The Morgan fingerprint density at radius 3 is 2.60 bits per heavy atom. The second kappa shape index (κ2) is 2.81. The molecule has 1 aliphatic carbocycles. The number of benzene rings is 1. The summed E-state index contributed by atoms with van der Waals surface area (Å²) in [4.78, 5) is 11.5. The number of rotatable bonds is 1. The summed E-state index contributed by atoms with van der Waals surface area (Å²) in [5.74, 6) is 0.0526. The fraction of sp³-hybridized carbons (Fsp3) is 0.417. The third-order valence-electron chi connectivity index (χ3n) is 3.86. The van der Waals surface area contributed by atoms with E-state index in [1.165, 1.54) is 12.1 Å². The van der Waals surface area contributed by atoms with Crippen LogP contribution in [0.5, 0.6) is 0 Å². The number of halogens is 1. The van der Waals surface area contributed by atoms with E-state index in [-0.39, 0.29) is 23.1 Å². The lowest BCUT2D eigenvalue weighted by Gasteiger charge is -2.42. The minimum absolute atomic E-state index is 0.0369. The highest BCUT2D eigenvalue weighted by Gasteiger charge is 2.55. The zero-order valence-electron chi connectivity index (χ0n) is 8.29. The lowest BCUT2D eigenvalue weighted by atomic mass is 9.58. The molecular formula is C12H12FNO. The average Bonchev–Trinajstić information content (AvgIpc) is 2.40. The molecule has 2 nitrogen and oxygen atoms in total. The molecule has 0 radical (unpaired) electrons. The molecule has 2 atom stereocenters. The van der Waals surface area contributed by atoms with Gasteiger partial charge in [0, 0.05) is 17.9 Å². The number of carbonyl (C=O) groups is 1. The molecule has 3 rings (SSSR count). The van der Waals surface area contributed by atoms with Gasteiger partial charge in [0.1, 0.15) is 5.82 Å². The summed E-state index contributed by atoms with van der Waals surface area (Å²) in [5, 5.41) is 2.90. The zero-order chi connectivity index (χ0) is 10.5. The van der Waals surface area contributed by atoms with Crippen LogP contribution in [0.1, 0.15) is 18.4 Å². The molecule has 1 aliphatic heterocycles. The molecule has 2 unspecified atom stereocenters. The first-order valence-electron chi connectivity index (χ1n) is 5.26. The molecule has 1 aromatic carbocycles. The van der Waals surface area contributed by atoms with Crippen LogP contribution in [-0.2, 0) is 10.2 Å². The lowest BCUT2D eigenvalue weighted by Crippen LogP contribution is -2.44. The van der Waals surface area contributed by atoms with Crippen LogP contribution < -0.4 is 5.32 Å². The van der Waals surface area contributed by atoms with Gasteiger partial charge in [-0.3, -0.25) is 4.79 Å². The molecule has 15 heavy (non-hydrogen) atoms. The summed E-state index contributed by atoms with van der Waals surface area (Å²) in [6.45, 7) is 0.710. The Balaban J connectivity index is 2.00. The van der Waals surface area contributed by atoms with E-state index in [0.717, 1.165) is 18.4 Å². The normalized spacial score (nSPS) is 33.1. The van der Waals surface area contributed by atoms with Crippen molar-refractivity contribution in [3.05, 3.63) is 35.6 Å². The van der Waals surface area contributed by atoms with E-state index in [4.69, 9.17) is 0 Å². The molecule has 0 spiro atoms. The molecule has 2 aliphatic rings. The minimum atomic E-state index is -0.219. The number of fused-ring (bicyclic) bond motifs is 1. The third kappa shape index (κ3) is 1.06. The Kier molecular flexibility index (Phi) is 1.67. The van der Waals surface area contributed by atoms with Crippen molar-refractivity contribution in [3.8, 4) is 0 Å². The van der Waals surface area contributed by atoms with E-state index in [1.807, 2.05) is 12.1 Å². The standard InChI is InChI=1S/C12H12FNO/c13-9-3-1-8(2-4-9)12-6-5-10(12)11(15)14-7-12/h1-4,10H,5-7H2,(H,14,15). The number of amides is 1. The van der Waals surface area contributed by atoms with Gasteiger partial charge in [0.2, 0.25) is 5.91 Å². The Morgan fingerprint density at radius 1 is 1.33 bits per heavy atom. The highest BCUT2D eigenvalue weighted by molar-refractivity contribution is 5.85. The number of nitrogens with one attached hydrogen (secondary N) is 1. The first-order valence-corrected chi connectivity index (χ1v) is 5.26. The van der Waals surface area contributed by atoms with Crippen molar-refractivity contribution in [2.24, 2.45) is 5.92 Å². The largest absolute Gasteiger partial charge is 0.355 e. The fourth-order valence-corrected chi connectivity index (χ4v) is 2.83. The van der Waals surface area contributed by atoms with Crippen LogP contribution in [0.4, 0.5) is 4.39 Å². The fourth-order valence-electron chi connectivity index (χ4n) is 2.83. The summed E-state index contributed by atoms with van der Waals surface area (Å²) in [5.41, 5.74) is 1.06. The van der Waals surface area contributed by atoms with E-state index in [9.17, 15) is 9.18 Å². The van der Waals surface area contributed by atoms with Crippen molar-refractivity contribution < 1.29 is 9.18 Å². The summed E-state index contributed by atoms with van der Waals surface area (Å²) >= 11 is 0. The van der Waals surface area contributed by atoms with Crippen LogP contribution >= 0.6 is 0 Å². The van der Waals surface area contributed by atoms with Gasteiger partial charge in [-0.1, -0.05) is 12.1 Å². The first-order chi connectivity index (χ1) is 7.22. The Hall–Kier alpha value is -1.38. The molecule has 1 saturated carbocycles. The molecule has 3 heteroatoms. The van der Waals surface area contributed by atoms with Gasteiger partial charge in [0.15, 0.2) is 0 Å². The smallest absolute Gasteiger partial charge is 0.224 e. The molecule has 1 N–H and O–H groups in total. The van der Waals surface area contributed by atoms with Gasteiger partial charge >= 0.3 is 0 Å². The van der Waals surface area contributed by atoms with Gasteiger partial charge in [-0.25, -0.2) is 4.39 Å². The quantitative estimate of drug-likeness (QED) is 0.741. The summed E-state index contributed by atoms with van der Waals surface area (Å²) in [6.07, 6.45) is 1.99. The minimum Gasteiger partial charge on any atom is -0.355 e. The maximum absolute atomic E-state index is 12.8. The molecule has 1 amide bonds. The van der Waals surface area contributed by atoms with E-state index >= 15 is 0 Å². The van der Waals surface area contributed by atoms with Crippen LogP contribution in [0.15, 0.2) is 24.3 Å². The van der Waals surface area contributed by atoms with Crippen LogP contribution in [-0.4, -0.2) is 12.5 Å². The van der Waals surface area contributed by atoms with E-state index in [0.29, 0.717) is 6.54 Å². The van der Waals surface area contributed by atoms with Crippen LogP contribution in [0, 0.1) is 11.7 Å². The average molecular weight is 205 g/mol. The molecule has 2 fully saturated rings. The van der Waals surface area contributed by atoms with Gasteiger partial charge < -0.3 is 5.32 Å². The van der Waals surface area contributed by atoms with Crippen LogP contribution in [0.2, 0.25) is 0 Å². The second-order valence-electron chi connectivity index (χ2n) is 4.47. The second-order valence-corrected chi connectivity index (χ2v) is 4.47. The molecule has 1 heterocycles. The highest BCUT2D eigenvalue weighted by Crippen LogP contribution is 2.51. The predicted molar refractivity (Wildman–Crippen MR) is 53.8 cm³/mol. The zero-order valence-corrected chi connectivity index (χ0v) is 8.29. The number of hydrogen-bond donors (Lipinski definition) is 1. The Labute approximate surface area is 87.5 Å². The van der Waals surface area contributed by atoms with E-state index in [1.54, 1.807) is 0 Å². The topological polar surface area (TPSA) is 29.1 Å². The summed E-state index contributed by atoms with van der Waals surface area (Å²) in [6, 6.07) is 6.56. The van der Waals surface area contributed by atoms with Gasteiger partial charge in [-0.15, -0.1) is 0 Å². The monoisotopic (exact) mass is 205 g/mol. The van der Waals surface area contributed by atoms with Crippen molar-refractivity contribution in [1.29, 1.82) is 0 Å². The van der Waals surface area contributed by atoms with E-state index < -0.39 is 0 Å². The SMILES string of the molecule is O=C1NCC2(c3ccc(F)cc3)CCC12. The Morgan fingerprint density at radius 2 is 2.07 bits per heavy atom. The summed E-state index contributed by atoms with van der Waals surface area (Å²) in [7, 11) is 0. The molecule has 1 saturated heterocycles.